The molecule has 0 saturated heterocycles. The van der Waals surface area contributed by atoms with Gasteiger partial charge in [-0.05, 0) is 47.8 Å². The van der Waals surface area contributed by atoms with Crippen LogP contribution in [-0.2, 0) is 0 Å². The van der Waals surface area contributed by atoms with Crippen LogP contribution in [0.1, 0.15) is 41.5 Å². The number of nitrogens with one attached hydrogen (secondary N) is 1. The summed E-state index contributed by atoms with van der Waals surface area (Å²) in [4.78, 5) is 2.56. The molecule has 0 bridgehead atoms. The smallest absolute Gasteiger partial charge is 0.0130 e. The third kappa shape index (κ3) is 6.77. The summed E-state index contributed by atoms with van der Waals surface area (Å²) in [5, 5.41) is 3.50. The molecule has 2 nitrogen and oxygen atoms in total. The minimum atomic E-state index is 0.236. The molecule has 0 radical (unpaired) electrons. The van der Waals surface area contributed by atoms with E-state index in [2.05, 4.69) is 58.0 Å². The van der Waals surface area contributed by atoms with E-state index in [0.29, 0.717) is 0 Å². The zero-order valence-electron chi connectivity index (χ0n) is 12.2. The molecule has 0 saturated carbocycles. The van der Waals surface area contributed by atoms with Gasteiger partial charge in [0.2, 0.25) is 0 Å². The Kier molecular flexibility index (Phi) is 6.99. The molecule has 1 N–H and O–H groups in total. The number of hydrogen-bond donors (Lipinski definition) is 1. The lowest BCUT2D eigenvalue weighted by Crippen LogP contribution is -2.54. The Morgan fingerprint density at radius 2 is 1.44 bits per heavy atom. The quantitative estimate of drug-likeness (QED) is 0.726. The van der Waals surface area contributed by atoms with Crippen LogP contribution in [0.4, 0.5) is 0 Å². The average Bonchev–Trinajstić information content (AvgIpc) is 2.06. The summed E-state index contributed by atoms with van der Waals surface area (Å²) >= 11 is 1.90. The monoisotopic (exact) mass is 246 g/mol. The van der Waals surface area contributed by atoms with Gasteiger partial charge in [0, 0.05) is 36.5 Å². The lowest BCUT2D eigenvalue weighted by molar-refractivity contribution is 0.0399. The van der Waals surface area contributed by atoms with Gasteiger partial charge in [-0.15, -0.1) is 0 Å². The molecule has 3 heteroatoms. The number of hydrogen-bond acceptors (Lipinski definition) is 3. The van der Waals surface area contributed by atoms with E-state index in [0.717, 1.165) is 19.6 Å². The normalized spacial score (nSPS) is 13.5. The second-order valence-corrected chi connectivity index (χ2v) is 7.22. The van der Waals surface area contributed by atoms with Crippen molar-refractivity contribution in [1.29, 1.82) is 0 Å². The first-order chi connectivity index (χ1) is 7.19. The molecular weight excluding hydrogens is 216 g/mol. The van der Waals surface area contributed by atoms with E-state index >= 15 is 0 Å². The van der Waals surface area contributed by atoms with Crippen LogP contribution in [0.15, 0.2) is 0 Å². The molecule has 0 heterocycles. The fourth-order valence-electron chi connectivity index (χ4n) is 2.17. The molecule has 98 valence electrons. The summed E-state index contributed by atoms with van der Waals surface area (Å²) in [6.45, 7) is 17.1. The third-order valence-electron chi connectivity index (χ3n) is 2.61. The lowest BCUT2D eigenvalue weighted by Gasteiger charge is -2.45. The molecule has 0 aliphatic heterocycles. The molecule has 0 aromatic carbocycles. The van der Waals surface area contributed by atoms with Gasteiger partial charge in [-0.2, -0.15) is 11.8 Å². The molecule has 0 aliphatic carbocycles. The van der Waals surface area contributed by atoms with Gasteiger partial charge < -0.3 is 5.32 Å². The lowest BCUT2D eigenvalue weighted by atomic mass is 9.96. The van der Waals surface area contributed by atoms with Crippen molar-refractivity contribution in [3.05, 3.63) is 0 Å². The van der Waals surface area contributed by atoms with Gasteiger partial charge in [-0.3, -0.25) is 4.90 Å². The first-order valence-electron chi connectivity index (χ1n) is 6.17. The average molecular weight is 246 g/mol. The number of rotatable bonds is 6. The third-order valence-corrected chi connectivity index (χ3v) is 3.23. The topological polar surface area (TPSA) is 15.3 Å². The molecule has 0 aromatic heterocycles. The molecule has 0 atom stereocenters. The van der Waals surface area contributed by atoms with E-state index in [1.807, 2.05) is 11.8 Å². The number of thioether (sulfide) groups is 1. The molecule has 0 rings (SSSR count). The maximum Gasteiger partial charge on any atom is 0.0130 e. The van der Waals surface area contributed by atoms with Crippen molar-refractivity contribution in [3.63, 3.8) is 0 Å². The summed E-state index contributed by atoms with van der Waals surface area (Å²) in [7, 11) is 0. The maximum absolute atomic E-state index is 3.50. The van der Waals surface area contributed by atoms with Crippen molar-refractivity contribution in [2.24, 2.45) is 0 Å². The first-order valence-corrected chi connectivity index (χ1v) is 7.56. The van der Waals surface area contributed by atoms with Crippen LogP contribution in [0.5, 0.6) is 0 Å². The molecule has 0 amide bonds. The Labute approximate surface area is 107 Å². The Morgan fingerprint density at radius 3 is 1.81 bits per heavy atom. The predicted octanol–water partition coefficient (Wildman–Crippen LogP) is 2.84. The van der Waals surface area contributed by atoms with Gasteiger partial charge in [0.05, 0.1) is 0 Å². The van der Waals surface area contributed by atoms with E-state index in [9.17, 15) is 0 Å². The van der Waals surface area contributed by atoms with E-state index in [-0.39, 0.29) is 11.1 Å². The molecule has 0 aliphatic rings. The Morgan fingerprint density at radius 1 is 0.938 bits per heavy atom. The SMILES string of the molecule is CSCCNCCN(C(C)(C)C)C(C)(C)C. The molecule has 16 heavy (non-hydrogen) atoms. The van der Waals surface area contributed by atoms with Crippen molar-refractivity contribution in [3.8, 4) is 0 Å². The van der Waals surface area contributed by atoms with Gasteiger partial charge in [-0.25, -0.2) is 0 Å². The van der Waals surface area contributed by atoms with Crippen LogP contribution < -0.4 is 5.32 Å². The van der Waals surface area contributed by atoms with Gasteiger partial charge >= 0.3 is 0 Å². The van der Waals surface area contributed by atoms with Crippen molar-refractivity contribution in [1.82, 2.24) is 10.2 Å². The molecule has 0 spiro atoms. The molecule has 0 fully saturated rings. The highest BCUT2D eigenvalue weighted by Crippen LogP contribution is 2.23. The van der Waals surface area contributed by atoms with Crippen LogP contribution in [0, 0.1) is 0 Å². The highest BCUT2D eigenvalue weighted by molar-refractivity contribution is 7.98. The van der Waals surface area contributed by atoms with Gasteiger partial charge in [0.1, 0.15) is 0 Å². The van der Waals surface area contributed by atoms with Gasteiger partial charge in [0.25, 0.3) is 0 Å². The van der Waals surface area contributed by atoms with Gasteiger partial charge in [0.15, 0.2) is 0 Å². The van der Waals surface area contributed by atoms with Crippen LogP contribution in [0.3, 0.4) is 0 Å². The molecule has 0 unspecified atom stereocenters. The minimum Gasteiger partial charge on any atom is -0.315 e. The highest BCUT2D eigenvalue weighted by Gasteiger charge is 2.30. The predicted molar refractivity (Wildman–Crippen MR) is 77.5 cm³/mol. The van der Waals surface area contributed by atoms with Crippen LogP contribution in [-0.4, -0.2) is 47.6 Å². The summed E-state index contributed by atoms with van der Waals surface area (Å²) in [6, 6.07) is 0. The molecule has 0 aromatic rings. The standard InChI is InChI=1S/C13H30N2S/c1-12(2,3)15(13(4,5)6)10-8-14-9-11-16-7/h14H,8-11H2,1-7H3. The second kappa shape index (κ2) is 6.87. The second-order valence-electron chi connectivity index (χ2n) is 6.24. The first kappa shape index (κ1) is 16.3. The van der Waals surface area contributed by atoms with E-state index in [1.165, 1.54) is 5.75 Å². The van der Waals surface area contributed by atoms with E-state index < -0.39 is 0 Å². The van der Waals surface area contributed by atoms with E-state index in [4.69, 9.17) is 0 Å². The van der Waals surface area contributed by atoms with E-state index in [1.54, 1.807) is 0 Å². The zero-order chi connectivity index (χ0) is 12.8. The summed E-state index contributed by atoms with van der Waals surface area (Å²) in [6.07, 6.45) is 2.15. The van der Waals surface area contributed by atoms with Crippen molar-refractivity contribution in [2.75, 3.05) is 31.6 Å². The van der Waals surface area contributed by atoms with Gasteiger partial charge in [-0.1, -0.05) is 0 Å². The summed E-state index contributed by atoms with van der Waals surface area (Å²) < 4.78 is 0. The Bertz CT molecular complexity index is 165. The largest absolute Gasteiger partial charge is 0.315 e. The van der Waals surface area contributed by atoms with Crippen LogP contribution >= 0.6 is 11.8 Å². The number of nitrogens with zero attached hydrogens (tertiary/aromatic N) is 1. The summed E-state index contributed by atoms with van der Waals surface area (Å²) in [5.41, 5.74) is 0.471. The Balaban J connectivity index is 4.06. The van der Waals surface area contributed by atoms with Crippen LogP contribution in [0.25, 0.3) is 0 Å². The minimum absolute atomic E-state index is 0.236. The van der Waals surface area contributed by atoms with Crippen molar-refractivity contribution >= 4 is 11.8 Å². The zero-order valence-corrected chi connectivity index (χ0v) is 13.0. The van der Waals surface area contributed by atoms with Crippen molar-refractivity contribution in [2.45, 2.75) is 52.6 Å². The fourth-order valence-corrected chi connectivity index (χ4v) is 2.52. The Hall–Kier alpha value is 0.270. The summed E-state index contributed by atoms with van der Waals surface area (Å²) in [5.74, 6) is 1.20. The highest BCUT2D eigenvalue weighted by atomic mass is 32.2. The van der Waals surface area contributed by atoms with Crippen LogP contribution in [0.2, 0.25) is 0 Å². The molecular formula is C13H30N2S. The fraction of sp³-hybridized carbons (Fsp3) is 1.00. The maximum atomic E-state index is 3.50. The van der Waals surface area contributed by atoms with Crippen molar-refractivity contribution < 1.29 is 0 Å².